The van der Waals surface area contributed by atoms with Crippen LogP contribution in [0.3, 0.4) is 0 Å². The number of aryl methyl sites for hydroxylation is 1. The molecule has 0 saturated carbocycles. The Morgan fingerprint density at radius 3 is 2.59 bits per heavy atom. The quantitative estimate of drug-likeness (QED) is 0.849. The van der Waals surface area contributed by atoms with Gasteiger partial charge in [0.25, 0.3) is 0 Å². The summed E-state index contributed by atoms with van der Waals surface area (Å²) in [5.74, 6) is 0.233. The average molecular weight is 237 g/mol. The Morgan fingerprint density at radius 2 is 2.06 bits per heavy atom. The third kappa shape index (κ3) is 2.14. The lowest BCUT2D eigenvalue weighted by Crippen LogP contribution is -2.22. The van der Waals surface area contributed by atoms with Gasteiger partial charge in [-0.1, -0.05) is 6.92 Å². The third-order valence-corrected chi connectivity index (χ3v) is 4.22. The number of nitrogens with one attached hydrogen (secondary N) is 1. The highest BCUT2D eigenvalue weighted by Crippen LogP contribution is 2.36. The molecule has 1 aromatic rings. The first-order valence-electron chi connectivity index (χ1n) is 6.51. The molecule has 3 unspecified atom stereocenters. The minimum Gasteiger partial charge on any atom is -0.386 e. The number of rotatable bonds is 3. The summed E-state index contributed by atoms with van der Waals surface area (Å²) in [4.78, 5) is 3.33. The molecule has 96 valence electrons. The Bertz CT molecular complexity index is 397. The smallest absolute Gasteiger partial charge is 0.0994 e. The number of hydrogen-bond donors (Lipinski definition) is 2. The molecule has 3 atom stereocenters. The summed E-state index contributed by atoms with van der Waals surface area (Å²) < 4.78 is 5.66. The summed E-state index contributed by atoms with van der Waals surface area (Å²) >= 11 is 0. The van der Waals surface area contributed by atoms with Crippen LogP contribution in [0.15, 0.2) is 0 Å². The number of aliphatic hydroxyl groups excluding tert-OH is 1. The van der Waals surface area contributed by atoms with E-state index < -0.39 is 6.10 Å². The van der Waals surface area contributed by atoms with Crippen molar-refractivity contribution in [2.24, 2.45) is 5.92 Å². The van der Waals surface area contributed by atoms with E-state index in [0.717, 1.165) is 30.8 Å². The molecule has 1 aliphatic rings. The maximum atomic E-state index is 10.5. The third-order valence-electron chi connectivity index (χ3n) is 4.22. The molecule has 3 heteroatoms. The van der Waals surface area contributed by atoms with E-state index in [2.05, 4.69) is 32.7 Å². The molecular weight excluding hydrogens is 214 g/mol. The van der Waals surface area contributed by atoms with E-state index in [-0.39, 0.29) is 12.0 Å². The van der Waals surface area contributed by atoms with Crippen molar-refractivity contribution in [2.45, 2.75) is 52.7 Å². The molecule has 0 bridgehead atoms. The van der Waals surface area contributed by atoms with Gasteiger partial charge < -0.3 is 14.8 Å². The zero-order valence-electron chi connectivity index (χ0n) is 11.2. The Kier molecular flexibility index (Phi) is 3.59. The lowest BCUT2D eigenvalue weighted by Gasteiger charge is -2.22. The average Bonchev–Trinajstić information content (AvgIpc) is 2.89. The number of aromatic amines is 1. The number of hydrogen-bond acceptors (Lipinski definition) is 2. The molecule has 0 spiro atoms. The van der Waals surface area contributed by atoms with Crippen LogP contribution in [0.25, 0.3) is 0 Å². The Morgan fingerprint density at radius 1 is 1.35 bits per heavy atom. The van der Waals surface area contributed by atoms with Crippen molar-refractivity contribution in [1.29, 1.82) is 0 Å². The minimum atomic E-state index is -0.421. The summed E-state index contributed by atoms with van der Waals surface area (Å²) in [6, 6.07) is 0. The summed E-state index contributed by atoms with van der Waals surface area (Å²) in [7, 11) is 0. The maximum absolute atomic E-state index is 10.5. The molecule has 1 fully saturated rings. The molecule has 2 rings (SSSR count). The molecule has 2 heterocycles. The number of aliphatic hydroxyl groups is 1. The predicted molar refractivity (Wildman–Crippen MR) is 68.1 cm³/mol. The fourth-order valence-corrected chi connectivity index (χ4v) is 2.83. The Balaban J connectivity index is 2.24. The fourth-order valence-electron chi connectivity index (χ4n) is 2.83. The first-order valence-corrected chi connectivity index (χ1v) is 6.51. The highest BCUT2D eigenvalue weighted by molar-refractivity contribution is 5.35. The van der Waals surface area contributed by atoms with Crippen molar-refractivity contribution in [3.8, 4) is 0 Å². The summed E-state index contributed by atoms with van der Waals surface area (Å²) in [5.41, 5.74) is 4.58. The molecule has 3 nitrogen and oxygen atoms in total. The molecule has 0 radical (unpaired) electrons. The van der Waals surface area contributed by atoms with Crippen molar-refractivity contribution >= 4 is 0 Å². The van der Waals surface area contributed by atoms with Gasteiger partial charge in [0.15, 0.2) is 0 Å². The second-order valence-electron chi connectivity index (χ2n) is 5.13. The Hall–Kier alpha value is -0.800. The minimum absolute atomic E-state index is 0.202. The van der Waals surface area contributed by atoms with E-state index in [1.807, 2.05) is 0 Å². The first kappa shape index (κ1) is 12.7. The van der Waals surface area contributed by atoms with E-state index >= 15 is 0 Å². The summed E-state index contributed by atoms with van der Waals surface area (Å²) in [5, 5.41) is 10.5. The van der Waals surface area contributed by atoms with Gasteiger partial charge in [0, 0.05) is 23.9 Å². The number of H-pyrrole nitrogens is 1. The van der Waals surface area contributed by atoms with Crippen molar-refractivity contribution in [3.05, 3.63) is 22.5 Å². The van der Waals surface area contributed by atoms with E-state index in [4.69, 9.17) is 4.74 Å². The van der Waals surface area contributed by atoms with Crippen LogP contribution in [-0.4, -0.2) is 22.8 Å². The summed E-state index contributed by atoms with van der Waals surface area (Å²) in [6.07, 6.45) is 1.71. The van der Waals surface area contributed by atoms with Crippen LogP contribution < -0.4 is 0 Å². The van der Waals surface area contributed by atoms with Gasteiger partial charge in [-0.3, -0.25) is 0 Å². The second-order valence-corrected chi connectivity index (χ2v) is 5.13. The van der Waals surface area contributed by atoms with E-state index in [1.165, 1.54) is 11.1 Å². The van der Waals surface area contributed by atoms with Crippen molar-refractivity contribution in [3.63, 3.8) is 0 Å². The van der Waals surface area contributed by atoms with Gasteiger partial charge in [0.1, 0.15) is 0 Å². The lowest BCUT2D eigenvalue weighted by molar-refractivity contribution is 0.0288. The van der Waals surface area contributed by atoms with Gasteiger partial charge in [0.2, 0.25) is 0 Å². The van der Waals surface area contributed by atoms with Crippen LogP contribution in [0, 0.1) is 26.7 Å². The van der Waals surface area contributed by atoms with Gasteiger partial charge in [-0.15, -0.1) is 0 Å². The molecular formula is C14H23NO2. The topological polar surface area (TPSA) is 45.2 Å². The molecule has 0 aliphatic carbocycles. The number of aromatic nitrogens is 1. The fraction of sp³-hybridized carbons (Fsp3) is 0.714. The van der Waals surface area contributed by atoms with E-state index in [1.54, 1.807) is 0 Å². The predicted octanol–water partition coefficient (Wildman–Crippen LogP) is 2.79. The van der Waals surface area contributed by atoms with Gasteiger partial charge in [0.05, 0.1) is 12.2 Å². The first-order chi connectivity index (χ1) is 8.06. The molecule has 1 aromatic heterocycles. The largest absolute Gasteiger partial charge is 0.386 e. The van der Waals surface area contributed by atoms with Gasteiger partial charge in [-0.2, -0.15) is 0 Å². The van der Waals surface area contributed by atoms with Crippen molar-refractivity contribution in [1.82, 2.24) is 4.98 Å². The molecule has 0 aromatic carbocycles. The number of ether oxygens (including phenoxy) is 1. The lowest BCUT2D eigenvalue weighted by atomic mass is 9.90. The maximum Gasteiger partial charge on any atom is 0.0994 e. The molecule has 1 aliphatic heterocycles. The zero-order chi connectivity index (χ0) is 12.6. The monoisotopic (exact) mass is 237 g/mol. The van der Waals surface area contributed by atoms with Crippen LogP contribution in [-0.2, 0) is 4.74 Å². The van der Waals surface area contributed by atoms with Crippen LogP contribution >= 0.6 is 0 Å². The van der Waals surface area contributed by atoms with Crippen LogP contribution in [0.4, 0.5) is 0 Å². The van der Waals surface area contributed by atoms with Gasteiger partial charge >= 0.3 is 0 Å². The zero-order valence-corrected chi connectivity index (χ0v) is 11.2. The van der Waals surface area contributed by atoms with Crippen LogP contribution in [0.1, 0.15) is 48.4 Å². The van der Waals surface area contributed by atoms with Crippen molar-refractivity contribution in [2.75, 3.05) is 6.61 Å². The van der Waals surface area contributed by atoms with E-state index in [0.29, 0.717) is 0 Å². The van der Waals surface area contributed by atoms with Crippen LogP contribution in [0.2, 0.25) is 0 Å². The van der Waals surface area contributed by atoms with E-state index in [9.17, 15) is 5.11 Å². The Labute approximate surface area is 103 Å². The summed E-state index contributed by atoms with van der Waals surface area (Å²) in [6.45, 7) is 9.13. The molecule has 0 amide bonds. The standard InChI is InChI=1S/C14H23NO2/c1-5-12-11(6-7-17-12)14(16)13-9(3)8(2)10(4)15-13/h11-12,14-16H,5-7H2,1-4H3. The highest BCUT2D eigenvalue weighted by Gasteiger charge is 2.35. The normalized spacial score (nSPS) is 26.4. The van der Waals surface area contributed by atoms with Crippen molar-refractivity contribution < 1.29 is 9.84 Å². The molecule has 1 saturated heterocycles. The van der Waals surface area contributed by atoms with Gasteiger partial charge in [-0.05, 0) is 44.7 Å². The molecule has 17 heavy (non-hydrogen) atoms. The highest BCUT2D eigenvalue weighted by atomic mass is 16.5. The SMILES string of the molecule is CCC1OCCC1C(O)c1[nH]c(C)c(C)c1C. The second kappa shape index (κ2) is 4.83. The molecule has 2 N–H and O–H groups in total. The van der Waals surface area contributed by atoms with Crippen LogP contribution in [0.5, 0.6) is 0 Å². The van der Waals surface area contributed by atoms with Gasteiger partial charge in [-0.25, -0.2) is 0 Å².